The van der Waals surface area contributed by atoms with E-state index < -0.39 is 10.8 Å². The zero-order valence-electron chi connectivity index (χ0n) is 25.4. The summed E-state index contributed by atoms with van der Waals surface area (Å²) in [5.74, 6) is 1.92. The highest BCUT2D eigenvalue weighted by atomic mass is 79.9. The van der Waals surface area contributed by atoms with Crippen molar-refractivity contribution in [1.82, 2.24) is 0 Å². The maximum Gasteiger partial charge on any atom is 0.319 e. The summed E-state index contributed by atoms with van der Waals surface area (Å²) >= 11 is 3.51. The molecule has 1 aliphatic heterocycles. The number of benzene rings is 1. The molecule has 1 aromatic rings. The third-order valence-corrected chi connectivity index (χ3v) is 11.6. The fourth-order valence-corrected chi connectivity index (χ4v) is 9.25. The summed E-state index contributed by atoms with van der Waals surface area (Å²) in [5.41, 5.74) is 1.43. The van der Waals surface area contributed by atoms with Crippen LogP contribution < -0.4 is 4.74 Å². The van der Waals surface area contributed by atoms with E-state index in [0.717, 1.165) is 75.5 Å². The maximum atomic E-state index is 14.3. The predicted molar refractivity (Wildman–Crippen MR) is 165 cm³/mol. The average Bonchev–Trinajstić information content (AvgIpc) is 3.23. The van der Waals surface area contributed by atoms with Crippen molar-refractivity contribution in [2.24, 2.45) is 22.7 Å². The molecule has 3 fully saturated rings. The van der Waals surface area contributed by atoms with Gasteiger partial charge in [-0.05, 0) is 98.8 Å². The maximum absolute atomic E-state index is 14.3. The number of esters is 1. The van der Waals surface area contributed by atoms with Crippen molar-refractivity contribution < 1.29 is 23.8 Å². The van der Waals surface area contributed by atoms with Gasteiger partial charge in [0.15, 0.2) is 12.1 Å². The number of ketones is 1. The van der Waals surface area contributed by atoms with Crippen LogP contribution in [0.4, 0.5) is 0 Å². The van der Waals surface area contributed by atoms with Crippen molar-refractivity contribution in [2.75, 3.05) is 19.0 Å². The summed E-state index contributed by atoms with van der Waals surface area (Å²) in [4.78, 5) is 27.7. The molecule has 0 radical (unpaired) electrons. The number of hydrogen-bond acceptors (Lipinski definition) is 5. The van der Waals surface area contributed by atoms with Gasteiger partial charge in [-0.2, -0.15) is 0 Å². The molecule has 2 saturated carbocycles. The number of carbonyl (C=O) groups is 2. The van der Waals surface area contributed by atoms with E-state index in [1.54, 1.807) is 0 Å². The lowest BCUT2D eigenvalue weighted by Gasteiger charge is -2.48. The molecule has 6 atom stereocenters. The van der Waals surface area contributed by atoms with Gasteiger partial charge in [-0.25, -0.2) is 0 Å². The third-order valence-electron chi connectivity index (χ3n) is 11.1. The standard InChI is InChI=1S/C35H51BrO5/c1-34-20-18-28-27-17-15-26(41-31-13-9-12-22-40-31)23-25(27)14-16-29(28)30(34)24-35(32(34)37,33(38)39-2)19-10-7-5-3-4-6-8-11-21-36/h15,17,23,28-31H,3-14,16,18-22,24H2,1-2H3/t28-,29-,30+,31?,34+,35?/m1/s1. The number of unbranched alkanes of at least 4 members (excludes halogenated alkanes) is 7. The number of fused-ring (bicyclic) bond motifs is 5. The summed E-state index contributed by atoms with van der Waals surface area (Å²) in [6.07, 6.45) is 17.9. The van der Waals surface area contributed by atoms with Crippen molar-refractivity contribution in [1.29, 1.82) is 0 Å². The fourth-order valence-electron chi connectivity index (χ4n) is 8.85. The van der Waals surface area contributed by atoms with Crippen molar-refractivity contribution in [3.8, 4) is 5.75 Å². The second-order valence-electron chi connectivity index (χ2n) is 13.5. The van der Waals surface area contributed by atoms with E-state index in [0.29, 0.717) is 24.7 Å². The molecule has 0 aromatic heterocycles. The summed E-state index contributed by atoms with van der Waals surface area (Å²) in [7, 11) is 1.46. The smallest absolute Gasteiger partial charge is 0.319 e. The summed E-state index contributed by atoms with van der Waals surface area (Å²) in [5, 5.41) is 1.09. The SMILES string of the molecule is COC(=O)C1(CCCCCCCCCCBr)C[C@H]2[C@@H]3CCc4cc(OC5CCCCO5)ccc4[C@H]3CC[C@]2(C)C1=O. The van der Waals surface area contributed by atoms with Gasteiger partial charge in [0.1, 0.15) is 11.2 Å². The molecule has 2 unspecified atom stereocenters. The molecular weight excluding hydrogens is 580 g/mol. The molecule has 1 saturated heterocycles. The molecular formula is C35H51BrO5. The number of alkyl halides is 1. The van der Waals surface area contributed by atoms with E-state index in [-0.39, 0.29) is 24.0 Å². The summed E-state index contributed by atoms with van der Waals surface area (Å²) < 4.78 is 17.4. The highest BCUT2D eigenvalue weighted by Gasteiger charge is 2.66. The lowest BCUT2D eigenvalue weighted by Crippen LogP contribution is -2.44. The Morgan fingerprint density at radius 2 is 1.78 bits per heavy atom. The van der Waals surface area contributed by atoms with Gasteiger partial charge < -0.3 is 14.2 Å². The van der Waals surface area contributed by atoms with Crippen molar-refractivity contribution in [3.63, 3.8) is 0 Å². The fraction of sp³-hybridized carbons (Fsp3) is 0.771. The Hall–Kier alpha value is -1.40. The number of halogens is 1. The number of aryl methyl sites for hydroxylation is 1. The van der Waals surface area contributed by atoms with Gasteiger partial charge in [0.05, 0.1) is 13.7 Å². The Morgan fingerprint density at radius 1 is 1.02 bits per heavy atom. The Bertz CT molecular complexity index is 1050. The van der Waals surface area contributed by atoms with Crippen molar-refractivity contribution in [2.45, 2.75) is 128 Å². The number of hydrogen-bond donors (Lipinski definition) is 0. The number of carbonyl (C=O) groups excluding carboxylic acids is 2. The van der Waals surface area contributed by atoms with Crippen LogP contribution in [-0.2, 0) is 25.5 Å². The van der Waals surface area contributed by atoms with Crippen molar-refractivity contribution in [3.05, 3.63) is 29.3 Å². The molecule has 1 aromatic carbocycles. The monoisotopic (exact) mass is 630 g/mol. The molecule has 5 nitrogen and oxygen atoms in total. The van der Waals surface area contributed by atoms with Crippen LogP contribution in [0, 0.1) is 22.7 Å². The minimum atomic E-state index is -0.961. The first-order valence-corrected chi connectivity index (χ1v) is 17.7. The van der Waals surface area contributed by atoms with Crippen LogP contribution >= 0.6 is 15.9 Å². The van der Waals surface area contributed by atoms with E-state index in [1.807, 2.05) is 0 Å². The second kappa shape index (κ2) is 13.9. The highest BCUT2D eigenvalue weighted by molar-refractivity contribution is 9.09. The molecule has 41 heavy (non-hydrogen) atoms. The largest absolute Gasteiger partial charge is 0.468 e. The number of ether oxygens (including phenoxy) is 3. The van der Waals surface area contributed by atoms with Crippen molar-refractivity contribution >= 4 is 27.7 Å². The van der Waals surface area contributed by atoms with Crippen LogP contribution in [-0.4, -0.2) is 37.1 Å². The van der Waals surface area contributed by atoms with Crippen LogP contribution in [0.15, 0.2) is 18.2 Å². The molecule has 0 spiro atoms. The van der Waals surface area contributed by atoms with Gasteiger partial charge in [-0.15, -0.1) is 0 Å². The number of methoxy groups -OCH3 is 1. The van der Waals surface area contributed by atoms with Crippen LogP contribution in [0.3, 0.4) is 0 Å². The molecule has 0 N–H and O–H groups in total. The van der Waals surface area contributed by atoms with Gasteiger partial charge >= 0.3 is 5.97 Å². The molecule has 1 heterocycles. The minimum Gasteiger partial charge on any atom is -0.468 e. The molecule has 0 bridgehead atoms. The first-order valence-electron chi connectivity index (χ1n) is 16.5. The lowest BCUT2D eigenvalue weighted by molar-refractivity contribution is -0.159. The van der Waals surface area contributed by atoms with Crippen LogP contribution in [0.2, 0.25) is 0 Å². The number of Topliss-reactive ketones (excluding diaryl/α,β-unsaturated/α-hetero) is 1. The van der Waals surface area contributed by atoms with E-state index in [1.165, 1.54) is 56.8 Å². The molecule has 0 amide bonds. The molecule has 5 rings (SSSR count). The van der Waals surface area contributed by atoms with Gasteiger partial charge in [-0.3, -0.25) is 9.59 Å². The predicted octanol–water partition coefficient (Wildman–Crippen LogP) is 8.69. The van der Waals surface area contributed by atoms with E-state index in [4.69, 9.17) is 14.2 Å². The van der Waals surface area contributed by atoms with E-state index in [9.17, 15) is 9.59 Å². The van der Waals surface area contributed by atoms with Crippen LogP contribution in [0.25, 0.3) is 0 Å². The normalized spacial score (nSPS) is 32.6. The van der Waals surface area contributed by atoms with E-state index in [2.05, 4.69) is 41.1 Å². The van der Waals surface area contributed by atoms with Crippen LogP contribution in [0.5, 0.6) is 5.75 Å². The third kappa shape index (κ3) is 6.44. The Morgan fingerprint density at radius 3 is 2.49 bits per heavy atom. The quantitative estimate of drug-likeness (QED) is 0.0944. The number of rotatable bonds is 13. The first kappa shape index (κ1) is 31.0. The molecule has 3 aliphatic carbocycles. The van der Waals surface area contributed by atoms with E-state index >= 15 is 0 Å². The minimum absolute atomic E-state index is 0.131. The molecule has 6 heteroatoms. The van der Waals surface area contributed by atoms with Gasteiger partial charge in [-0.1, -0.05) is 73.9 Å². The highest BCUT2D eigenvalue weighted by Crippen LogP contribution is 2.64. The van der Waals surface area contributed by atoms with Gasteiger partial charge in [0, 0.05) is 17.2 Å². The summed E-state index contributed by atoms with van der Waals surface area (Å²) in [6, 6.07) is 6.63. The Labute approximate surface area is 256 Å². The average molecular weight is 632 g/mol. The molecule has 4 aliphatic rings. The Balaban J connectivity index is 1.25. The van der Waals surface area contributed by atoms with Gasteiger partial charge in [0.25, 0.3) is 0 Å². The lowest BCUT2D eigenvalue weighted by atomic mass is 9.55. The topological polar surface area (TPSA) is 61.8 Å². The Kier molecular flexibility index (Phi) is 10.5. The molecule has 228 valence electrons. The zero-order chi connectivity index (χ0) is 28.9. The summed E-state index contributed by atoms with van der Waals surface area (Å²) in [6.45, 7) is 2.95. The van der Waals surface area contributed by atoms with Gasteiger partial charge in [0.2, 0.25) is 0 Å². The zero-order valence-corrected chi connectivity index (χ0v) is 27.0. The van der Waals surface area contributed by atoms with Crippen LogP contribution in [0.1, 0.15) is 127 Å². The first-order chi connectivity index (χ1) is 19.9. The second-order valence-corrected chi connectivity index (χ2v) is 14.3.